The smallest absolute Gasteiger partial charge is 0.336 e. The van der Waals surface area contributed by atoms with Gasteiger partial charge < -0.3 is 9.84 Å². The van der Waals surface area contributed by atoms with Crippen LogP contribution in [-0.2, 0) is 16.0 Å². The summed E-state index contributed by atoms with van der Waals surface area (Å²) in [7, 11) is 0. The number of fused-ring (bicyclic) bond motifs is 1. The van der Waals surface area contributed by atoms with E-state index in [-0.39, 0.29) is 28.8 Å². The van der Waals surface area contributed by atoms with Crippen LogP contribution in [0.3, 0.4) is 0 Å². The topological polar surface area (TPSA) is 109 Å². The third-order valence-corrected chi connectivity index (χ3v) is 5.03. The first-order valence-corrected chi connectivity index (χ1v) is 8.51. The van der Waals surface area contributed by atoms with E-state index in [1.165, 1.54) is 13.1 Å². The second kappa shape index (κ2) is 6.19. The Morgan fingerprint density at radius 3 is 2.65 bits per heavy atom. The molecule has 0 fully saturated rings. The van der Waals surface area contributed by atoms with E-state index in [0.29, 0.717) is 25.0 Å². The number of nitrogens with zero attached hydrogens (tertiary/aromatic N) is 3. The molecule has 3 heterocycles. The quantitative estimate of drug-likeness (QED) is 0.879. The van der Waals surface area contributed by atoms with E-state index in [1.807, 2.05) is 13.8 Å². The lowest BCUT2D eigenvalue weighted by molar-refractivity contribution is -0.140. The Balaban J connectivity index is 2.26. The lowest BCUT2D eigenvalue weighted by atomic mass is 9.89. The number of imide groups is 1. The summed E-state index contributed by atoms with van der Waals surface area (Å²) in [6.45, 7) is 7.05. The fourth-order valence-corrected chi connectivity index (χ4v) is 3.21. The summed E-state index contributed by atoms with van der Waals surface area (Å²) in [6, 6.07) is 0. The Labute approximate surface area is 150 Å². The summed E-state index contributed by atoms with van der Waals surface area (Å²) < 4.78 is 5.44. The van der Waals surface area contributed by atoms with Gasteiger partial charge in [-0.2, -0.15) is 0 Å². The second-order valence-electron chi connectivity index (χ2n) is 6.98. The summed E-state index contributed by atoms with van der Waals surface area (Å²) >= 11 is 0. The van der Waals surface area contributed by atoms with E-state index >= 15 is 0 Å². The predicted octanol–water partition coefficient (Wildman–Crippen LogP) is 1.65. The number of pyridine rings is 1. The van der Waals surface area contributed by atoms with Crippen LogP contribution in [0.15, 0.2) is 11.2 Å². The summed E-state index contributed by atoms with van der Waals surface area (Å²) in [5, 5.41) is 9.79. The number of aromatic nitrogens is 1. The molecule has 2 aliphatic heterocycles. The second-order valence-corrected chi connectivity index (χ2v) is 6.98. The minimum absolute atomic E-state index is 0.0134. The van der Waals surface area contributed by atoms with Gasteiger partial charge in [0.2, 0.25) is 11.8 Å². The zero-order chi connectivity index (χ0) is 19.2. The zero-order valence-electron chi connectivity index (χ0n) is 15.2. The lowest BCUT2D eigenvalue weighted by Gasteiger charge is -2.24. The summed E-state index contributed by atoms with van der Waals surface area (Å²) in [6.07, 6.45) is 2.49. The Morgan fingerprint density at radius 1 is 1.38 bits per heavy atom. The average molecular weight is 359 g/mol. The monoisotopic (exact) mass is 359 g/mol. The van der Waals surface area contributed by atoms with Crippen LogP contribution in [0, 0.1) is 5.92 Å². The summed E-state index contributed by atoms with van der Waals surface area (Å²) in [5.41, 5.74) is -0.517. The maximum atomic E-state index is 12.9. The summed E-state index contributed by atoms with van der Waals surface area (Å²) in [4.78, 5) is 46.6. The Bertz CT molecular complexity index is 845. The van der Waals surface area contributed by atoms with Crippen molar-refractivity contribution in [3.63, 3.8) is 0 Å². The Hall–Kier alpha value is -2.77. The number of carboxylic acid groups (broad SMARTS) is 1. The van der Waals surface area contributed by atoms with Crippen molar-refractivity contribution < 1.29 is 24.2 Å². The molecule has 1 aromatic heterocycles. The molecule has 0 spiro atoms. The average Bonchev–Trinajstić information content (AvgIpc) is 2.86. The van der Waals surface area contributed by atoms with Crippen molar-refractivity contribution in [3.05, 3.63) is 22.9 Å². The van der Waals surface area contributed by atoms with Gasteiger partial charge in [0, 0.05) is 18.7 Å². The van der Waals surface area contributed by atoms with E-state index in [2.05, 4.69) is 9.98 Å². The number of aliphatic imine (C=N–C) groups is 1. The molecule has 8 heteroatoms. The fraction of sp³-hybridized carbons (Fsp3) is 0.500. The number of hydrogen-bond acceptors (Lipinski definition) is 6. The highest BCUT2D eigenvalue weighted by Crippen LogP contribution is 2.35. The number of amides is 2. The van der Waals surface area contributed by atoms with Gasteiger partial charge >= 0.3 is 5.97 Å². The molecule has 0 aliphatic carbocycles. The van der Waals surface area contributed by atoms with Gasteiger partial charge in [0.15, 0.2) is 0 Å². The third kappa shape index (κ3) is 2.56. The molecule has 0 saturated heterocycles. The Kier molecular flexibility index (Phi) is 4.29. The van der Waals surface area contributed by atoms with Gasteiger partial charge in [-0.15, -0.1) is 0 Å². The number of carboxylic acids is 1. The molecule has 1 unspecified atom stereocenters. The predicted molar refractivity (Wildman–Crippen MR) is 92.3 cm³/mol. The minimum Gasteiger partial charge on any atom is -0.478 e. The first-order chi connectivity index (χ1) is 12.2. The van der Waals surface area contributed by atoms with Crippen LogP contribution in [0.1, 0.15) is 55.6 Å². The molecule has 8 nitrogen and oxygen atoms in total. The van der Waals surface area contributed by atoms with E-state index < -0.39 is 23.3 Å². The molecule has 1 aromatic rings. The number of ether oxygens (including phenoxy) is 1. The highest BCUT2D eigenvalue weighted by molar-refractivity contribution is 6.25. The largest absolute Gasteiger partial charge is 0.478 e. The highest BCUT2D eigenvalue weighted by Gasteiger charge is 2.49. The molecule has 2 amide bonds. The molecule has 1 N–H and O–H groups in total. The van der Waals surface area contributed by atoms with Gasteiger partial charge in [-0.25, -0.2) is 14.7 Å². The lowest BCUT2D eigenvalue weighted by Crippen LogP contribution is -2.46. The van der Waals surface area contributed by atoms with E-state index in [0.717, 1.165) is 4.90 Å². The van der Waals surface area contributed by atoms with Crippen molar-refractivity contribution in [1.82, 2.24) is 9.88 Å². The number of hydrogen-bond donors (Lipinski definition) is 1. The van der Waals surface area contributed by atoms with Crippen molar-refractivity contribution in [2.75, 3.05) is 6.61 Å². The molecular weight excluding hydrogens is 338 g/mol. The fourth-order valence-electron chi connectivity index (χ4n) is 3.21. The standard InChI is InChI=1S/C18H21N3O5/c1-9(2)18(4)17(25)21(10(3)22)14(20-18)12-8-19-15-11(6-5-7-26-15)13(12)16(23)24/h8-9H,5-7H2,1-4H3,(H,23,24). The van der Waals surface area contributed by atoms with Crippen LogP contribution in [0.25, 0.3) is 0 Å². The third-order valence-electron chi connectivity index (χ3n) is 5.03. The SMILES string of the molecule is CC(=O)N1C(=O)C(C)(C(C)C)N=C1c1cnc2c(c1C(=O)O)CCCO2. The molecule has 1 atom stereocenters. The van der Waals surface area contributed by atoms with Crippen molar-refractivity contribution in [2.45, 2.75) is 46.1 Å². The number of aromatic carboxylic acids is 1. The normalized spacial score (nSPS) is 22.1. The highest BCUT2D eigenvalue weighted by atomic mass is 16.5. The van der Waals surface area contributed by atoms with E-state index in [1.54, 1.807) is 6.92 Å². The van der Waals surface area contributed by atoms with Crippen LogP contribution < -0.4 is 4.74 Å². The van der Waals surface area contributed by atoms with Gasteiger partial charge in [-0.1, -0.05) is 13.8 Å². The van der Waals surface area contributed by atoms with Crippen molar-refractivity contribution in [1.29, 1.82) is 0 Å². The summed E-state index contributed by atoms with van der Waals surface area (Å²) in [5.74, 6) is -1.98. The van der Waals surface area contributed by atoms with Crippen LogP contribution >= 0.6 is 0 Å². The van der Waals surface area contributed by atoms with Crippen LogP contribution in [0.4, 0.5) is 0 Å². The molecule has 26 heavy (non-hydrogen) atoms. The van der Waals surface area contributed by atoms with Crippen molar-refractivity contribution >= 4 is 23.6 Å². The maximum Gasteiger partial charge on any atom is 0.336 e. The molecule has 3 rings (SSSR count). The molecule has 0 saturated carbocycles. The first kappa shape index (κ1) is 18.0. The van der Waals surface area contributed by atoms with Gasteiger partial charge in [0.25, 0.3) is 5.91 Å². The Morgan fingerprint density at radius 2 is 2.08 bits per heavy atom. The number of carbonyl (C=O) groups excluding carboxylic acids is 2. The van der Waals surface area contributed by atoms with Gasteiger partial charge in [-0.05, 0) is 25.7 Å². The molecule has 0 radical (unpaired) electrons. The molecule has 0 bridgehead atoms. The van der Waals surface area contributed by atoms with Crippen LogP contribution in [0.5, 0.6) is 5.88 Å². The van der Waals surface area contributed by atoms with Gasteiger partial charge in [0.05, 0.1) is 17.7 Å². The van der Waals surface area contributed by atoms with Gasteiger partial charge in [-0.3, -0.25) is 14.6 Å². The molecular formula is C18H21N3O5. The number of carbonyl (C=O) groups is 3. The minimum atomic E-state index is -1.17. The van der Waals surface area contributed by atoms with Crippen LogP contribution in [0.2, 0.25) is 0 Å². The molecule has 0 aromatic carbocycles. The zero-order valence-corrected chi connectivity index (χ0v) is 15.2. The molecule has 138 valence electrons. The first-order valence-electron chi connectivity index (χ1n) is 8.51. The molecule has 2 aliphatic rings. The van der Waals surface area contributed by atoms with E-state index in [9.17, 15) is 19.5 Å². The number of rotatable bonds is 3. The van der Waals surface area contributed by atoms with Crippen LogP contribution in [-0.4, -0.2) is 50.8 Å². The maximum absolute atomic E-state index is 12.9. The number of amidine groups is 1. The van der Waals surface area contributed by atoms with Gasteiger partial charge in [0.1, 0.15) is 11.4 Å². The van der Waals surface area contributed by atoms with Crippen molar-refractivity contribution in [2.24, 2.45) is 10.9 Å². The van der Waals surface area contributed by atoms with E-state index in [4.69, 9.17) is 4.74 Å². The van der Waals surface area contributed by atoms with Crippen molar-refractivity contribution in [3.8, 4) is 5.88 Å².